The minimum Gasteiger partial charge on any atom is -0.480 e. The molecule has 0 atom stereocenters. The van der Waals surface area contributed by atoms with Gasteiger partial charge in [-0.1, -0.05) is 41.9 Å². The van der Waals surface area contributed by atoms with E-state index in [-0.39, 0.29) is 60.8 Å². The van der Waals surface area contributed by atoms with Crippen molar-refractivity contribution < 1.29 is 31.8 Å². The predicted octanol–water partition coefficient (Wildman–Crippen LogP) is 8.81. The van der Waals surface area contributed by atoms with Gasteiger partial charge in [-0.15, -0.1) is 0 Å². The summed E-state index contributed by atoms with van der Waals surface area (Å²) < 4.78 is 66.3. The number of aromatic nitrogens is 5. The topological polar surface area (TPSA) is 118 Å². The summed E-state index contributed by atoms with van der Waals surface area (Å²) in [5.41, 5.74) is 5.67. The molecule has 7 rings (SSSR count). The van der Waals surface area contributed by atoms with Gasteiger partial charge in [-0.3, -0.25) is 24.6 Å². The molecule has 2 fully saturated rings. The second-order valence-corrected chi connectivity index (χ2v) is 15.1. The molecule has 57 heavy (non-hydrogen) atoms. The minimum absolute atomic E-state index is 0.0581. The number of anilines is 2. The van der Waals surface area contributed by atoms with E-state index in [0.717, 1.165) is 36.8 Å². The zero-order chi connectivity index (χ0) is 40.4. The molecule has 2 aromatic carbocycles. The fourth-order valence-electron chi connectivity index (χ4n) is 7.76. The Hall–Kier alpha value is -4.99. The average Bonchev–Trinajstić information content (AvgIpc) is 3.55. The maximum atomic E-state index is 14.0. The summed E-state index contributed by atoms with van der Waals surface area (Å²) in [7, 11) is 5.01. The van der Waals surface area contributed by atoms with Crippen molar-refractivity contribution in [1.82, 2.24) is 34.7 Å². The van der Waals surface area contributed by atoms with Gasteiger partial charge in [0.1, 0.15) is 11.2 Å². The van der Waals surface area contributed by atoms with Gasteiger partial charge in [0.05, 0.1) is 49.1 Å². The summed E-state index contributed by atoms with van der Waals surface area (Å²) in [6.07, 6.45) is 3.33. The third kappa shape index (κ3) is 8.80. The number of carbonyl (C=O) groups is 1. The van der Waals surface area contributed by atoms with Crippen LogP contribution in [0.1, 0.15) is 61.2 Å². The zero-order valence-corrected chi connectivity index (χ0v) is 32.8. The first-order chi connectivity index (χ1) is 27.3. The van der Waals surface area contributed by atoms with Crippen LogP contribution in [0.3, 0.4) is 0 Å². The van der Waals surface area contributed by atoms with Crippen molar-refractivity contribution in [2.45, 2.75) is 70.5 Å². The van der Waals surface area contributed by atoms with Crippen LogP contribution in [-0.4, -0.2) is 87.0 Å². The van der Waals surface area contributed by atoms with Crippen molar-refractivity contribution in [1.29, 1.82) is 0 Å². The first kappa shape index (κ1) is 40.2. The van der Waals surface area contributed by atoms with Crippen molar-refractivity contribution in [2.75, 3.05) is 39.7 Å². The highest BCUT2D eigenvalue weighted by Crippen LogP contribution is 2.40. The van der Waals surface area contributed by atoms with Crippen LogP contribution in [0.15, 0.2) is 54.9 Å². The van der Waals surface area contributed by atoms with Crippen molar-refractivity contribution in [3.63, 3.8) is 0 Å². The summed E-state index contributed by atoms with van der Waals surface area (Å²) in [6.45, 7) is 2.43. The second-order valence-electron chi connectivity index (χ2n) is 14.7. The molecule has 1 N–H and O–H groups in total. The first-order valence-corrected chi connectivity index (χ1v) is 19.1. The van der Waals surface area contributed by atoms with E-state index >= 15 is 0 Å². The van der Waals surface area contributed by atoms with E-state index in [1.165, 1.54) is 13.3 Å². The first-order valence-electron chi connectivity index (χ1n) is 18.7. The van der Waals surface area contributed by atoms with E-state index in [1.807, 2.05) is 44.3 Å². The van der Waals surface area contributed by atoms with Crippen LogP contribution in [0.5, 0.6) is 5.88 Å². The van der Waals surface area contributed by atoms with Gasteiger partial charge in [0.2, 0.25) is 5.88 Å². The molecule has 5 aromatic rings. The third-order valence-corrected chi connectivity index (χ3v) is 11.3. The third-order valence-electron chi connectivity index (χ3n) is 10.9. The molecule has 4 heterocycles. The smallest absolute Gasteiger partial charge is 0.308 e. The number of esters is 1. The van der Waals surface area contributed by atoms with E-state index in [4.69, 9.17) is 31.0 Å². The van der Waals surface area contributed by atoms with Crippen molar-refractivity contribution in [3.05, 3.63) is 82.5 Å². The number of hydrogen-bond acceptors (Lipinski definition) is 11. The number of methoxy groups -OCH3 is 2. The number of halogens is 5. The maximum absolute atomic E-state index is 14.0. The normalized spacial score (nSPS) is 18.4. The monoisotopic (exact) mass is 806 g/mol. The van der Waals surface area contributed by atoms with Crippen LogP contribution >= 0.6 is 11.6 Å². The van der Waals surface area contributed by atoms with E-state index in [0.29, 0.717) is 51.2 Å². The maximum Gasteiger partial charge on any atom is 0.308 e. The summed E-state index contributed by atoms with van der Waals surface area (Å²) in [4.78, 5) is 38.0. The standard InChI is InChI=1S/C41H43ClF4N8O3/c1-23-27(7-6-10-30(23)49-37-35-31(50-38(52-37)36(43)44)17-24(18-48-35)20-54-16-15-41(45,46)22-54)28-8-5-9-29(34(28)42)32-19-47-33(39(51-32)56-3)21-53(2)26-13-11-25(12-14-26)40(55)57-4/h5-10,17-19,25-26,36H,11-16,20-22H2,1-4H3,(H,49,50,52). The molecule has 1 saturated carbocycles. The number of nitrogens with zero attached hydrogens (tertiary/aromatic N) is 7. The minimum atomic E-state index is -2.96. The van der Waals surface area contributed by atoms with Gasteiger partial charge in [-0.2, -0.15) is 0 Å². The lowest BCUT2D eigenvalue weighted by Gasteiger charge is -2.33. The van der Waals surface area contributed by atoms with Crippen LogP contribution in [0.4, 0.5) is 29.1 Å². The highest BCUT2D eigenvalue weighted by atomic mass is 35.5. The highest BCUT2D eigenvalue weighted by Gasteiger charge is 2.38. The number of benzene rings is 2. The van der Waals surface area contributed by atoms with Gasteiger partial charge in [0, 0.05) is 55.1 Å². The quantitative estimate of drug-likeness (QED) is 0.0963. The second kappa shape index (κ2) is 16.9. The van der Waals surface area contributed by atoms with Crippen molar-refractivity contribution in [3.8, 4) is 28.3 Å². The van der Waals surface area contributed by atoms with Gasteiger partial charge in [0.25, 0.3) is 12.3 Å². The average molecular weight is 807 g/mol. The van der Waals surface area contributed by atoms with Crippen LogP contribution in [0.25, 0.3) is 33.4 Å². The molecule has 0 radical (unpaired) electrons. The Morgan fingerprint density at radius 1 is 1.02 bits per heavy atom. The molecule has 3 aromatic heterocycles. The summed E-state index contributed by atoms with van der Waals surface area (Å²) in [5, 5.41) is 3.63. The number of fused-ring (bicyclic) bond motifs is 1. The molecule has 1 saturated heterocycles. The number of rotatable bonds is 12. The fourth-order valence-corrected chi connectivity index (χ4v) is 8.09. The van der Waals surface area contributed by atoms with Gasteiger partial charge in [-0.05, 0) is 68.5 Å². The predicted molar refractivity (Wildman–Crippen MR) is 209 cm³/mol. The number of pyridine rings is 1. The van der Waals surface area contributed by atoms with Crippen LogP contribution < -0.4 is 10.1 Å². The number of likely N-dealkylation sites (tertiary alicyclic amines) is 1. The molecule has 2 aliphatic rings. The molecule has 0 spiro atoms. The SMILES string of the molecule is COC(=O)C1CCC(N(C)Cc2ncc(-c3cccc(-c4cccc(Nc5nc(C(F)F)nc6cc(CN7CCC(F)(F)C7)cnc56)c4C)c3Cl)nc2OC)CC1. The van der Waals surface area contributed by atoms with E-state index < -0.39 is 18.2 Å². The highest BCUT2D eigenvalue weighted by molar-refractivity contribution is 6.36. The lowest BCUT2D eigenvalue weighted by molar-refractivity contribution is -0.146. The Labute approximate surface area is 332 Å². The number of nitrogens with one attached hydrogen (secondary N) is 1. The van der Waals surface area contributed by atoms with Crippen molar-refractivity contribution in [2.24, 2.45) is 5.92 Å². The van der Waals surface area contributed by atoms with Gasteiger partial charge in [0.15, 0.2) is 11.6 Å². The molecular formula is C41H43ClF4N8O3. The van der Waals surface area contributed by atoms with E-state index in [9.17, 15) is 22.4 Å². The van der Waals surface area contributed by atoms with Crippen LogP contribution in [-0.2, 0) is 22.6 Å². The van der Waals surface area contributed by atoms with Crippen LogP contribution in [0.2, 0.25) is 5.02 Å². The fraction of sp³-hybridized carbons (Fsp3) is 0.415. The Kier molecular flexibility index (Phi) is 11.9. The summed E-state index contributed by atoms with van der Waals surface area (Å²) >= 11 is 7.12. The zero-order valence-electron chi connectivity index (χ0n) is 32.0. The van der Waals surface area contributed by atoms with Crippen molar-refractivity contribution >= 4 is 40.1 Å². The summed E-state index contributed by atoms with van der Waals surface area (Å²) in [6, 6.07) is 13.0. The number of carbonyl (C=O) groups excluding carboxylic acids is 1. The number of ether oxygens (including phenoxy) is 2. The Morgan fingerprint density at radius 2 is 1.75 bits per heavy atom. The van der Waals surface area contributed by atoms with E-state index in [1.54, 1.807) is 30.3 Å². The largest absolute Gasteiger partial charge is 0.480 e. The molecule has 0 bridgehead atoms. The molecule has 1 aliphatic heterocycles. The van der Waals surface area contributed by atoms with Gasteiger partial charge >= 0.3 is 5.97 Å². The molecule has 0 amide bonds. The molecule has 1 aliphatic carbocycles. The molecule has 16 heteroatoms. The summed E-state index contributed by atoms with van der Waals surface area (Å²) in [5.74, 6) is -3.19. The molecular weight excluding hydrogens is 764 g/mol. The number of alkyl halides is 4. The molecule has 11 nitrogen and oxygen atoms in total. The molecule has 300 valence electrons. The molecule has 0 unspecified atom stereocenters. The Morgan fingerprint density at radius 3 is 2.46 bits per heavy atom. The van der Waals surface area contributed by atoms with Gasteiger partial charge < -0.3 is 14.8 Å². The van der Waals surface area contributed by atoms with Gasteiger partial charge in [-0.25, -0.2) is 32.5 Å². The number of hydrogen-bond donors (Lipinski definition) is 1. The lowest BCUT2D eigenvalue weighted by Crippen LogP contribution is -2.36. The Balaban J connectivity index is 1.13. The Bertz CT molecular complexity index is 2270. The lowest BCUT2D eigenvalue weighted by atomic mass is 9.85. The van der Waals surface area contributed by atoms with E-state index in [2.05, 4.69) is 25.2 Å². The van der Waals surface area contributed by atoms with Crippen LogP contribution in [0, 0.1) is 12.8 Å².